The van der Waals surface area contributed by atoms with Crippen molar-refractivity contribution in [2.45, 2.75) is 39.8 Å². The number of urea groups is 1. The predicted molar refractivity (Wildman–Crippen MR) is 107 cm³/mol. The number of carbonyl (C=O) groups excluding carboxylic acids is 2. The molecule has 2 heterocycles. The molecule has 6 nitrogen and oxygen atoms in total. The minimum atomic E-state index is -0.905. The Labute approximate surface area is 160 Å². The molecular weight excluding hydrogens is 340 g/mol. The molecule has 1 fully saturated rings. The fraction of sp³-hybridized carbons (Fsp3) is 0.381. The van der Waals surface area contributed by atoms with Crippen LogP contribution in [-0.2, 0) is 11.3 Å². The van der Waals surface area contributed by atoms with Crippen LogP contribution in [0.3, 0.4) is 0 Å². The zero-order valence-corrected chi connectivity index (χ0v) is 16.3. The monoisotopic (exact) mass is 366 g/mol. The van der Waals surface area contributed by atoms with Crippen LogP contribution in [0.5, 0.6) is 0 Å². The summed E-state index contributed by atoms with van der Waals surface area (Å²) in [4.78, 5) is 35.2. The minimum Gasteiger partial charge on any atom is -0.372 e. The van der Waals surface area contributed by atoms with Gasteiger partial charge < -0.3 is 9.80 Å². The van der Waals surface area contributed by atoms with Gasteiger partial charge in [-0.2, -0.15) is 0 Å². The van der Waals surface area contributed by atoms with E-state index >= 15 is 0 Å². The second-order valence-corrected chi connectivity index (χ2v) is 7.11. The van der Waals surface area contributed by atoms with Crippen LogP contribution in [0.2, 0.25) is 0 Å². The van der Waals surface area contributed by atoms with Crippen molar-refractivity contribution in [3.8, 4) is 0 Å². The summed E-state index contributed by atoms with van der Waals surface area (Å²) in [6.45, 7) is 9.97. The Morgan fingerprint density at radius 2 is 1.56 bits per heavy atom. The molecule has 1 aromatic heterocycles. The molecule has 0 unspecified atom stereocenters. The number of hydrogen-bond donors (Lipinski definition) is 0. The van der Waals surface area contributed by atoms with Crippen LogP contribution < -0.4 is 9.80 Å². The first-order valence-corrected chi connectivity index (χ1v) is 9.30. The highest BCUT2D eigenvalue weighted by Crippen LogP contribution is 2.34. The van der Waals surface area contributed by atoms with Gasteiger partial charge in [0.05, 0.1) is 5.69 Å². The first-order valence-electron chi connectivity index (χ1n) is 9.30. The number of imide groups is 1. The average molecular weight is 366 g/mol. The Kier molecular flexibility index (Phi) is 5.17. The third kappa shape index (κ3) is 3.39. The van der Waals surface area contributed by atoms with Crippen molar-refractivity contribution >= 4 is 23.3 Å². The maximum atomic E-state index is 13.1. The zero-order valence-electron chi connectivity index (χ0n) is 16.3. The van der Waals surface area contributed by atoms with Gasteiger partial charge in [-0.1, -0.05) is 0 Å². The number of anilines is 2. The van der Waals surface area contributed by atoms with Gasteiger partial charge in [0.2, 0.25) is 0 Å². The molecule has 1 saturated heterocycles. The van der Waals surface area contributed by atoms with E-state index in [1.807, 2.05) is 36.4 Å². The minimum absolute atomic E-state index is 0.211. The summed E-state index contributed by atoms with van der Waals surface area (Å²) in [5, 5.41) is 0. The van der Waals surface area contributed by atoms with Crippen molar-refractivity contribution in [1.82, 2.24) is 9.88 Å². The van der Waals surface area contributed by atoms with Crippen molar-refractivity contribution < 1.29 is 9.59 Å². The molecule has 0 atom stereocenters. The summed E-state index contributed by atoms with van der Waals surface area (Å²) in [7, 11) is 0. The number of carbonyl (C=O) groups is 2. The molecule has 1 aromatic carbocycles. The van der Waals surface area contributed by atoms with E-state index in [1.54, 1.807) is 31.1 Å². The Hall–Kier alpha value is -2.89. The number of aromatic nitrogens is 1. The number of nitrogens with zero attached hydrogens (tertiary/aromatic N) is 4. The van der Waals surface area contributed by atoms with Gasteiger partial charge in [-0.3, -0.25) is 9.78 Å². The van der Waals surface area contributed by atoms with Crippen molar-refractivity contribution in [2.24, 2.45) is 0 Å². The smallest absolute Gasteiger partial charge is 0.332 e. The molecule has 1 aliphatic heterocycles. The SMILES string of the molecule is CCN(CC)c1ccc(N2C(=O)N(Cc3ccncc3)C(C)(C)C2=O)cc1. The second-order valence-electron chi connectivity index (χ2n) is 7.11. The van der Waals surface area contributed by atoms with E-state index in [1.165, 1.54) is 4.90 Å². The first kappa shape index (κ1) is 18.9. The lowest BCUT2D eigenvalue weighted by atomic mass is 10.0. The van der Waals surface area contributed by atoms with Crippen molar-refractivity contribution in [3.63, 3.8) is 0 Å². The Morgan fingerprint density at radius 1 is 0.963 bits per heavy atom. The van der Waals surface area contributed by atoms with Crippen LogP contribution >= 0.6 is 0 Å². The molecule has 3 amide bonds. The van der Waals surface area contributed by atoms with Crippen LogP contribution in [0.1, 0.15) is 33.3 Å². The van der Waals surface area contributed by atoms with E-state index in [2.05, 4.69) is 23.7 Å². The molecule has 1 aliphatic rings. The quantitative estimate of drug-likeness (QED) is 0.732. The lowest BCUT2D eigenvalue weighted by Gasteiger charge is -2.27. The van der Waals surface area contributed by atoms with Crippen LogP contribution in [-0.4, -0.2) is 40.5 Å². The van der Waals surface area contributed by atoms with Crippen LogP contribution in [0.25, 0.3) is 0 Å². The van der Waals surface area contributed by atoms with Crippen molar-refractivity contribution in [1.29, 1.82) is 0 Å². The molecule has 0 spiro atoms. The fourth-order valence-electron chi connectivity index (χ4n) is 3.40. The Balaban J connectivity index is 1.88. The molecule has 3 rings (SSSR count). The van der Waals surface area contributed by atoms with Gasteiger partial charge in [0.25, 0.3) is 5.91 Å². The molecule has 0 saturated carbocycles. The average Bonchev–Trinajstić information content (AvgIpc) is 2.84. The highest BCUT2D eigenvalue weighted by molar-refractivity contribution is 6.22. The van der Waals surface area contributed by atoms with E-state index in [0.717, 1.165) is 24.3 Å². The van der Waals surface area contributed by atoms with Gasteiger partial charge >= 0.3 is 6.03 Å². The summed E-state index contributed by atoms with van der Waals surface area (Å²) in [6.07, 6.45) is 3.38. The summed E-state index contributed by atoms with van der Waals surface area (Å²) in [6, 6.07) is 11.0. The number of pyridine rings is 1. The van der Waals surface area contributed by atoms with Crippen molar-refractivity contribution in [2.75, 3.05) is 22.9 Å². The van der Waals surface area contributed by atoms with E-state index < -0.39 is 5.54 Å². The highest BCUT2D eigenvalue weighted by atomic mass is 16.2. The number of rotatable bonds is 6. The standard InChI is InChI=1S/C21H26N4O2/c1-5-23(6-2)17-7-9-18(10-8-17)25-19(26)21(3,4)24(20(25)27)15-16-11-13-22-14-12-16/h7-14H,5-6,15H2,1-4H3. The predicted octanol–water partition coefficient (Wildman–Crippen LogP) is 3.68. The normalized spacial score (nSPS) is 16.1. The van der Waals surface area contributed by atoms with Gasteiger partial charge in [0, 0.05) is 37.7 Å². The number of amides is 3. The van der Waals surface area contributed by atoms with E-state index in [0.29, 0.717) is 12.2 Å². The van der Waals surface area contributed by atoms with Gasteiger partial charge in [-0.05, 0) is 69.7 Å². The lowest BCUT2D eigenvalue weighted by Crippen LogP contribution is -2.43. The van der Waals surface area contributed by atoms with Gasteiger partial charge in [-0.15, -0.1) is 0 Å². The summed E-state index contributed by atoms with van der Waals surface area (Å²) >= 11 is 0. The second kappa shape index (κ2) is 7.39. The molecular formula is C21H26N4O2. The summed E-state index contributed by atoms with van der Waals surface area (Å²) in [5.41, 5.74) is 1.72. The van der Waals surface area contributed by atoms with Gasteiger partial charge in [0.15, 0.2) is 0 Å². The molecule has 0 N–H and O–H groups in total. The number of hydrogen-bond acceptors (Lipinski definition) is 4. The van der Waals surface area contributed by atoms with Crippen LogP contribution in [0.4, 0.5) is 16.2 Å². The molecule has 27 heavy (non-hydrogen) atoms. The Morgan fingerprint density at radius 3 is 2.11 bits per heavy atom. The summed E-state index contributed by atoms with van der Waals surface area (Å²) in [5.74, 6) is -0.211. The molecule has 0 radical (unpaired) electrons. The number of benzene rings is 1. The zero-order chi connectivity index (χ0) is 19.6. The molecule has 0 bridgehead atoms. The van der Waals surface area contributed by atoms with Crippen LogP contribution in [0.15, 0.2) is 48.8 Å². The van der Waals surface area contributed by atoms with Crippen molar-refractivity contribution in [3.05, 3.63) is 54.4 Å². The maximum absolute atomic E-state index is 13.1. The molecule has 6 heteroatoms. The van der Waals surface area contributed by atoms with E-state index in [-0.39, 0.29) is 11.9 Å². The Bertz CT molecular complexity index is 814. The molecule has 0 aliphatic carbocycles. The molecule has 142 valence electrons. The summed E-state index contributed by atoms with van der Waals surface area (Å²) < 4.78 is 0. The topological polar surface area (TPSA) is 56.8 Å². The van der Waals surface area contributed by atoms with E-state index in [4.69, 9.17) is 0 Å². The third-order valence-corrected chi connectivity index (χ3v) is 5.15. The molecule has 2 aromatic rings. The largest absolute Gasteiger partial charge is 0.372 e. The van der Waals surface area contributed by atoms with Crippen LogP contribution in [0, 0.1) is 0 Å². The maximum Gasteiger partial charge on any atom is 0.332 e. The highest BCUT2D eigenvalue weighted by Gasteiger charge is 2.51. The van der Waals surface area contributed by atoms with E-state index in [9.17, 15) is 9.59 Å². The lowest BCUT2D eigenvalue weighted by molar-refractivity contribution is -0.123. The first-order chi connectivity index (χ1) is 12.9. The van der Waals surface area contributed by atoms with Gasteiger partial charge in [0.1, 0.15) is 5.54 Å². The third-order valence-electron chi connectivity index (χ3n) is 5.15. The fourth-order valence-corrected chi connectivity index (χ4v) is 3.40. The van der Waals surface area contributed by atoms with Gasteiger partial charge in [-0.25, -0.2) is 9.69 Å².